The Bertz CT molecular complexity index is 1120. The van der Waals surface area contributed by atoms with Gasteiger partial charge in [-0.05, 0) is 37.1 Å². The van der Waals surface area contributed by atoms with Crippen molar-refractivity contribution >= 4 is 29.4 Å². The minimum Gasteiger partial charge on any atom is -0.483 e. The van der Waals surface area contributed by atoms with Crippen LogP contribution in [0.4, 0.5) is 5.95 Å². The van der Waals surface area contributed by atoms with Gasteiger partial charge in [0, 0.05) is 42.9 Å². The number of hydrogen-bond donors (Lipinski definition) is 3. The highest BCUT2D eigenvalue weighted by Gasteiger charge is 2.63. The van der Waals surface area contributed by atoms with Crippen molar-refractivity contribution in [3.63, 3.8) is 0 Å². The van der Waals surface area contributed by atoms with E-state index < -0.39 is 0 Å². The van der Waals surface area contributed by atoms with Crippen molar-refractivity contribution in [3.05, 3.63) is 48.5 Å². The van der Waals surface area contributed by atoms with Gasteiger partial charge in [0.25, 0.3) is 12.4 Å². The molecule has 0 unspecified atom stereocenters. The number of nitrogens with one attached hydrogen (secondary N) is 2. The summed E-state index contributed by atoms with van der Waals surface area (Å²) in [5.41, 5.74) is 2.26. The minimum absolute atomic E-state index is 0.0560. The Morgan fingerprint density at radius 3 is 2.97 bits per heavy atom. The standard InChI is InChI=1S/C21H22N6O2.CH2O2/c28-19(13-2-3-16-17(8-13)26-12-25-16)24-9-14-15-10-27(20-22-6-1-7-23-20)11-21(15)5-4-18(14)29-21;2-1-3/h1-3,6-8,12,14-15,18H,4-5,9-11H2,(H,24,28)(H,25,26);1H,(H,2,3)/t14-,15+,18+,21+;/m0./s1. The smallest absolute Gasteiger partial charge is 0.290 e. The van der Waals surface area contributed by atoms with Gasteiger partial charge in [-0.2, -0.15) is 0 Å². The summed E-state index contributed by atoms with van der Waals surface area (Å²) in [6, 6.07) is 7.37. The zero-order valence-corrected chi connectivity index (χ0v) is 17.3. The summed E-state index contributed by atoms with van der Waals surface area (Å²) >= 11 is 0. The molecule has 3 N–H and O–H groups in total. The van der Waals surface area contributed by atoms with E-state index in [0.717, 1.165) is 42.9 Å². The highest BCUT2D eigenvalue weighted by atomic mass is 16.5. The molecule has 6 rings (SSSR count). The largest absolute Gasteiger partial charge is 0.483 e. The van der Waals surface area contributed by atoms with Gasteiger partial charge in [-0.25, -0.2) is 15.0 Å². The third kappa shape index (κ3) is 3.46. The van der Waals surface area contributed by atoms with Crippen LogP contribution < -0.4 is 10.2 Å². The molecule has 10 nitrogen and oxygen atoms in total. The molecule has 0 aliphatic carbocycles. The molecule has 3 aliphatic rings. The first kappa shape index (κ1) is 20.4. The SMILES string of the molecule is O=C(NC[C@H]1[C@H]2CN(c3ncccn3)C[C@]23CC[C@H]1O3)c1ccc2nc[nH]c2c1.O=CO. The summed E-state index contributed by atoms with van der Waals surface area (Å²) in [4.78, 5) is 39.4. The number of imidazole rings is 1. The Kier molecular flexibility index (Phi) is 5.22. The summed E-state index contributed by atoms with van der Waals surface area (Å²) in [5.74, 6) is 1.41. The number of ether oxygens (including phenoxy) is 1. The Morgan fingerprint density at radius 2 is 2.16 bits per heavy atom. The lowest BCUT2D eigenvalue weighted by atomic mass is 9.73. The number of aromatic nitrogens is 4. The number of aromatic amines is 1. The normalized spacial score (nSPS) is 27.6. The van der Waals surface area contributed by atoms with Crippen LogP contribution in [0, 0.1) is 11.8 Å². The predicted molar refractivity (Wildman–Crippen MR) is 115 cm³/mol. The monoisotopic (exact) mass is 436 g/mol. The zero-order valence-electron chi connectivity index (χ0n) is 17.3. The second-order valence-electron chi connectivity index (χ2n) is 8.41. The summed E-state index contributed by atoms with van der Waals surface area (Å²) in [7, 11) is 0. The van der Waals surface area contributed by atoms with E-state index in [4.69, 9.17) is 14.6 Å². The van der Waals surface area contributed by atoms with E-state index in [9.17, 15) is 4.79 Å². The first-order valence-electron chi connectivity index (χ1n) is 10.6. The molecule has 4 atom stereocenters. The lowest BCUT2D eigenvalue weighted by molar-refractivity contribution is -0.122. The molecular formula is C22H24N6O4. The van der Waals surface area contributed by atoms with Gasteiger partial charge in [0.05, 0.1) is 35.6 Å². The van der Waals surface area contributed by atoms with Crippen LogP contribution in [-0.2, 0) is 9.53 Å². The Balaban J connectivity index is 0.000000684. The van der Waals surface area contributed by atoms with Crippen molar-refractivity contribution < 1.29 is 19.4 Å². The fraction of sp³-hybridized carbons (Fsp3) is 0.409. The predicted octanol–water partition coefficient (Wildman–Crippen LogP) is 1.47. The van der Waals surface area contributed by atoms with Crippen LogP contribution in [0.15, 0.2) is 43.0 Å². The van der Waals surface area contributed by atoms with Gasteiger partial charge in [0.2, 0.25) is 5.95 Å². The number of carbonyl (C=O) groups is 2. The fourth-order valence-corrected chi connectivity index (χ4v) is 5.46. The van der Waals surface area contributed by atoms with E-state index >= 15 is 0 Å². The number of carboxylic acid groups (broad SMARTS) is 1. The van der Waals surface area contributed by atoms with Gasteiger partial charge in [0.15, 0.2) is 0 Å². The van der Waals surface area contributed by atoms with Crippen LogP contribution >= 0.6 is 0 Å². The molecule has 32 heavy (non-hydrogen) atoms. The molecule has 0 radical (unpaired) electrons. The molecule has 3 saturated heterocycles. The van der Waals surface area contributed by atoms with Crippen LogP contribution in [0.1, 0.15) is 23.2 Å². The molecular weight excluding hydrogens is 412 g/mol. The minimum atomic E-state index is -0.250. The van der Waals surface area contributed by atoms with E-state index in [-0.39, 0.29) is 24.1 Å². The van der Waals surface area contributed by atoms with Gasteiger partial charge < -0.3 is 25.0 Å². The van der Waals surface area contributed by atoms with Gasteiger partial charge in [-0.15, -0.1) is 0 Å². The molecule has 5 heterocycles. The molecule has 2 bridgehead atoms. The van der Waals surface area contributed by atoms with Crippen molar-refractivity contribution in [1.29, 1.82) is 0 Å². The van der Waals surface area contributed by atoms with Crippen LogP contribution in [0.3, 0.4) is 0 Å². The van der Waals surface area contributed by atoms with E-state index in [1.54, 1.807) is 18.7 Å². The maximum absolute atomic E-state index is 12.7. The van der Waals surface area contributed by atoms with Crippen molar-refractivity contribution in [2.75, 3.05) is 24.5 Å². The Labute approximate surface area is 184 Å². The maximum Gasteiger partial charge on any atom is 0.290 e. The van der Waals surface area contributed by atoms with Crippen molar-refractivity contribution in [3.8, 4) is 0 Å². The first-order chi connectivity index (χ1) is 15.6. The van der Waals surface area contributed by atoms with Gasteiger partial charge in [-0.1, -0.05) is 0 Å². The number of rotatable bonds is 4. The number of amides is 1. The maximum atomic E-state index is 12.7. The Morgan fingerprint density at radius 1 is 1.34 bits per heavy atom. The second-order valence-corrected chi connectivity index (χ2v) is 8.41. The molecule has 10 heteroatoms. The van der Waals surface area contributed by atoms with E-state index in [2.05, 4.69) is 30.2 Å². The lowest BCUT2D eigenvalue weighted by Crippen LogP contribution is -2.41. The summed E-state index contributed by atoms with van der Waals surface area (Å²) in [5, 5.41) is 10.0. The number of fused-ring (bicyclic) bond motifs is 2. The first-order valence-corrected chi connectivity index (χ1v) is 10.6. The lowest BCUT2D eigenvalue weighted by Gasteiger charge is -2.29. The molecule has 3 aromatic rings. The van der Waals surface area contributed by atoms with Crippen molar-refractivity contribution in [2.24, 2.45) is 11.8 Å². The third-order valence-corrected chi connectivity index (χ3v) is 6.80. The molecule has 3 aliphatic heterocycles. The second kappa shape index (κ2) is 8.19. The zero-order chi connectivity index (χ0) is 22.1. The summed E-state index contributed by atoms with van der Waals surface area (Å²) < 4.78 is 6.47. The summed E-state index contributed by atoms with van der Waals surface area (Å²) in [6.07, 6.45) is 7.56. The van der Waals surface area contributed by atoms with Gasteiger partial charge >= 0.3 is 0 Å². The number of H-pyrrole nitrogens is 1. The van der Waals surface area contributed by atoms with E-state index in [0.29, 0.717) is 23.9 Å². The number of benzene rings is 1. The molecule has 166 valence electrons. The molecule has 2 aromatic heterocycles. The number of anilines is 1. The molecule has 1 aromatic carbocycles. The third-order valence-electron chi connectivity index (χ3n) is 6.80. The number of carbonyl (C=O) groups excluding carboxylic acids is 1. The highest BCUT2D eigenvalue weighted by molar-refractivity contribution is 5.97. The number of nitrogens with zero attached hydrogens (tertiary/aromatic N) is 4. The molecule has 0 saturated carbocycles. The van der Waals surface area contributed by atoms with E-state index in [1.165, 1.54) is 0 Å². The van der Waals surface area contributed by atoms with Gasteiger partial charge in [0.1, 0.15) is 0 Å². The van der Waals surface area contributed by atoms with Crippen LogP contribution in [0.5, 0.6) is 0 Å². The van der Waals surface area contributed by atoms with Gasteiger partial charge in [-0.3, -0.25) is 9.59 Å². The van der Waals surface area contributed by atoms with Crippen molar-refractivity contribution in [2.45, 2.75) is 24.5 Å². The quantitative estimate of drug-likeness (QED) is 0.524. The topological polar surface area (TPSA) is 133 Å². The molecule has 1 spiro atoms. The highest BCUT2D eigenvalue weighted by Crippen LogP contribution is 2.54. The van der Waals surface area contributed by atoms with E-state index in [1.807, 2.05) is 24.3 Å². The van der Waals surface area contributed by atoms with Crippen LogP contribution in [-0.4, -0.2) is 68.8 Å². The molecule has 3 fully saturated rings. The van der Waals surface area contributed by atoms with Crippen molar-refractivity contribution in [1.82, 2.24) is 25.3 Å². The fourth-order valence-electron chi connectivity index (χ4n) is 5.46. The number of hydrogen-bond acceptors (Lipinski definition) is 7. The van der Waals surface area contributed by atoms with Crippen LogP contribution in [0.2, 0.25) is 0 Å². The molecule has 1 amide bonds. The average Bonchev–Trinajstić information content (AvgIpc) is 3.58. The average molecular weight is 436 g/mol. The van der Waals surface area contributed by atoms with Crippen LogP contribution in [0.25, 0.3) is 11.0 Å². The summed E-state index contributed by atoms with van der Waals surface area (Å²) in [6.45, 7) is 2.08. The Hall–Kier alpha value is -3.53.